The molecular weight excluding hydrogens is 366 g/mol. The van der Waals surface area contributed by atoms with Gasteiger partial charge in [0.1, 0.15) is 0 Å². The molecular formula is C22H21N5O2. The summed E-state index contributed by atoms with van der Waals surface area (Å²) in [5.41, 5.74) is 8.53. The van der Waals surface area contributed by atoms with Crippen LogP contribution in [-0.2, 0) is 17.9 Å². The molecule has 7 nitrogen and oxygen atoms in total. The zero-order chi connectivity index (χ0) is 20.6. The van der Waals surface area contributed by atoms with Crippen LogP contribution in [0.4, 0.5) is 10.5 Å². The van der Waals surface area contributed by atoms with Crippen molar-refractivity contribution in [1.82, 2.24) is 9.88 Å². The van der Waals surface area contributed by atoms with Gasteiger partial charge in [0.25, 0.3) is 0 Å². The number of fused-ring (bicyclic) bond motifs is 1. The SMILES string of the molecule is N#CCCn1cc(/C=C/C(=O)NCc2ccc(NC(N)=O)cc2)c2ccccc21. The summed E-state index contributed by atoms with van der Waals surface area (Å²) in [5.74, 6) is -0.210. The first kappa shape index (κ1) is 19.7. The topological polar surface area (TPSA) is 113 Å². The summed E-state index contributed by atoms with van der Waals surface area (Å²) in [6.07, 6.45) is 5.66. The van der Waals surface area contributed by atoms with Gasteiger partial charge < -0.3 is 20.9 Å². The third-order valence-corrected chi connectivity index (χ3v) is 4.39. The van der Waals surface area contributed by atoms with Gasteiger partial charge in [-0.1, -0.05) is 30.3 Å². The van der Waals surface area contributed by atoms with Gasteiger partial charge in [0.05, 0.1) is 12.5 Å². The molecule has 0 unspecified atom stereocenters. The van der Waals surface area contributed by atoms with Crippen molar-refractivity contribution in [3.05, 3.63) is 71.9 Å². The van der Waals surface area contributed by atoms with Crippen molar-refractivity contribution >= 4 is 34.6 Å². The number of carbonyl (C=O) groups excluding carboxylic acids is 2. The highest BCUT2D eigenvalue weighted by Gasteiger charge is 2.06. The molecule has 2 aromatic carbocycles. The van der Waals surface area contributed by atoms with E-state index in [9.17, 15) is 9.59 Å². The number of hydrogen-bond acceptors (Lipinski definition) is 3. The van der Waals surface area contributed by atoms with E-state index in [4.69, 9.17) is 11.0 Å². The zero-order valence-corrected chi connectivity index (χ0v) is 15.8. The average molecular weight is 387 g/mol. The van der Waals surface area contributed by atoms with Crippen LogP contribution in [0.25, 0.3) is 17.0 Å². The number of rotatable bonds is 7. The van der Waals surface area contributed by atoms with Crippen LogP contribution < -0.4 is 16.4 Å². The van der Waals surface area contributed by atoms with E-state index in [-0.39, 0.29) is 5.91 Å². The monoisotopic (exact) mass is 387 g/mol. The Labute approximate surface area is 168 Å². The van der Waals surface area contributed by atoms with E-state index in [0.29, 0.717) is 25.2 Å². The first-order valence-electron chi connectivity index (χ1n) is 9.13. The maximum absolute atomic E-state index is 12.2. The number of nitrogens with two attached hydrogens (primary N) is 1. The fourth-order valence-corrected chi connectivity index (χ4v) is 3.03. The van der Waals surface area contributed by atoms with Crippen molar-refractivity contribution in [2.45, 2.75) is 19.5 Å². The summed E-state index contributed by atoms with van der Waals surface area (Å²) in [4.78, 5) is 23.0. The van der Waals surface area contributed by atoms with Crippen LogP contribution in [-0.4, -0.2) is 16.5 Å². The molecule has 0 saturated carbocycles. The molecule has 0 spiro atoms. The summed E-state index contributed by atoms with van der Waals surface area (Å²) in [5, 5.41) is 15.2. The van der Waals surface area contributed by atoms with E-state index in [1.165, 1.54) is 6.08 Å². The Balaban J connectivity index is 1.63. The lowest BCUT2D eigenvalue weighted by Crippen LogP contribution is -2.20. The number of amides is 3. The van der Waals surface area contributed by atoms with E-state index < -0.39 is 6.03 Å². The molecule has 0 aliphatic carbocycles. The summed E-state index contributed by atoms with van der Waals surface area (Å²) in [7, 11) is 0. The van der Waals surface area contributed by atoms with E-state index in [1.807, 2.05) is 35.0 Å². The molecule has 0 bridgehead atoms. The van der Waals surface area contributed by atoms with Gasteiger partial charge in [0.15, 0.2) is 0 Å². The van der Waals surface area contributed by atoms with Gasteiger partial charge in [-0.15, -0.1) is 0 Å². The van der Waals surface area contributed by atoms with Crippen molar-refractivity contribution in [2.24, 2.45) is 5.73 Å². The van der Waals surface area contributed by atoms with Gasteiger partial charge in [0, 0.05) is 47.5 Å². The van der Waals surface area contributed by atoms with Crippen molar-refractivity contribution < 1.29 is 9.59 Å². The number of anilines is 1. The largest absolute Gasteiger partial charge is 0.351 e. The molecule has 3 rings (SSSR count). The van der Waals surface area contributed by atoms with Crippen LogP contribution in [0.5, 0.6) is 0 Å². The van der Waals surface area contributed by atoms with Crippen LogP contribution in [0.2, 0.25) is 0 Å². The minimum Gasteiger partial charge on any atom is -0.351 e. The molecule has 0 fully saturated rings. The summed E-state index contributed by atoms with van der Waals surface area (Å²) >= 11 is 0. The van der Waals surface area contributed by atoms with Crippen molar-refractivity contribution in [2.75, 3.05) is 5.32 Å². The number of nitrogens with zero attached hydrogens (tertiary/aromatic N) is 2. The van der Waals surface area contributed by atoms with E-state index >= 15 is 0 Å². The highest BCUT2D eigenvalue weighted by molar-refractivity contribution is 5.96. The first-order valence-corrected chi connectivity index (χ1v) is 9.13. The van der Waals surface area contributed by atoms with Crippen LogP contribution in [0.15, 0.2) is 60.8 Å². The smallest absolute Gasteiger partial charge is 0.316 e. The molecule has 0 aliphatic heterocycles. The fourth-order valence-electron chi connectivity index (χ4n) is 3.03. The molecule has 0 saturated heterocycles. The predicted molar refractivity (Wildman–Crippen MR) is 113 cm³/mol. The molecule has 29 heavy (non-hydrogen) atoms. The van der Waals surface area contributed by atoms with Crippen LogP contribution in [0, 0.1) is 11.3 Å². The van der Waals surface area contributed by atoms with Crippen molar-refractivity contribution in [1.29, 1.82) is 5.26 Å². The molecule has 4 N–H and O–H groups in total. The van der Waals surface area contributed by atoms with Crippen molar-refractivity contribution in [3.8, 4) is 6.07 Å². The summed E-state index contributed by atoms with van der Waals surface area (Å²) in [6, 6.07) is 16.5. The number of para-hydroxylation sites is 1. The number of primary amides is 1. The highest BCUT2D eigenvalue weighted by Crippen LogP contribution is 2.22. The second-order valence-electron chi connectivity index (χ2n) is 6.44. The summed E-state index contributed by atoms with van der Waals surface area (Å²) < 4.78 is 2.03. The second-order valence-corrected chi connectivity index (χ2v) is 6.44. The molecule has 3 aromatic rings. The standard InChI is InChI=1S/C22H21N5O2/c23-12-3-13-27-15-17(19-4-1-2-5-20(19)27)8-11-21(28)25-14-16-6-9-18(10-7-16)26-22(24)29/h1-2,4-11,15H,3,13-14H2,(H,25,28)(H3,24,26,29)/b11-8+. The Morgan fingerprint density at radius 1 is 1.14 bits per heavy atom. The number of nitriles is 1. The van der Waals surface area contributed by atoms with Gasteiger partial charge in [-0.25, -0.2) is 4.79 Å². The Morgan fingerprint density at radius 3 is 2.62 bits per heavy atom. The van der Waals surface area contributed by atoms with E-state index in [0.717, 1.165) is 22.0 Å². The molecule has 0 radical (unpaired) electrons. The van der Waals surface area contributed by atoms with Gasteiger partial charge in [-0.2, -0.15) is 5.26 Å². The third-order valence-electron chi connectivity index (χ3n) is 4.39. The molecule has 1 aromatic heterocycles. The van der Waals surface area contributed by atoms with Gasteiger partial charge in [-0.05, 0) is 29.8 Å². The molecule has 0 atom stereocenters. The molecule has 0 aliphatic rings. The number of aromatic nitrogens is 1. The third kappa shape index (κ3) is 5.23. The number of carbonyl (C=O) groups is 2. The number of hydrogen-bond donors (Lipinski definition) is 3. The fraction of sp³-hybridized carbons (Fsp3) is 0.136. The van der Waals surface area contributed by atoms with E-state index in [1.54, 1.807) is 30.3 Å². The molecule has 146 valence electrons. The lowest BCUT2D eigenvalue weighted by Gasteiger charge is -2.05. The lowest BCUT2D eigenvalue weighted by molar-refractivity contribution is -0.116. The lowest BCUT2D eigenvalue weighted by atomic mass is 10.1. The number of benzene rings is 2. The Kier molecular flexibility index (Phi) is 6.28. The number of urea groups is 1. The highest BCUT2D eigenvalue weighted by atomic mass is 16.2. The number of aryl methyl sites for hydroxylation is 1. The quantitative estimate of drug-likeness (QED) is 0.540. The molecule has 1 heterocycles. The minimum atomic E-state index is -0.620. The Morgan fingerprint density at radius 2 is 1.90 bits per heavy atom. The Hall–Kier alpha value is -4.05. The average Bonchev–Trinajstić information content (AvgIpc) is 3.07. The summed E-state index contributed by atoms with van der Waals surface area (Å²) in [6.45, 7) is 0.974. The predicted octanol–water partition coefficient (Wildman–Crippen LogP) is 3.38. The zero-order valence-electron chi connectivity index (χ0n) is 15.8. The van der Waals surface area contributed by atoms with Crippen molar-refractivity contribution in [3.63, 3.8) is 0 Å². The maximum atomic E-state index is 12.2. The van der Waals surface area contributed by atoms with Gasteiger partial charge in [0.2, 0.25) is 5.91 Å². The molecule has 3 amide bonds. The first-order chi connectivity index (χ1) is 14.1. The minimum absolute atomic E-state index is 0.210. The van der Waals surface area contributed by atoms with Gasteiger partial charge in [-0.3, -0.25) is 4.79 Å². The van der Waals surface area contributed by atoms with Crippen LogP contribution >= 0.6 is 0 Å². The second kappa shape index (κ2) is 9.24. The normalized spacial score (nSPS) is 10.7. The molecule has 7 heteroatoms. The Bertz CT molecular complexity index is 1090. The van der Waals surface area contributed by atoms with Crippen LogP contribution in [0.1, 0.15) is 17.5 Å². The maximum Gasteiger partial charge on any atom is 0.316 e. The van der Waals surface area contributed by atoms with Gasteiger partial charge >= 0.3 is 6.03 Å². The van der Waals surface area contributed by atoms with Crippen LogP contribution in [0.3, 0.4) is 0 Å². The van der Waals surface area contributed by atoms with E-state index in [2.05, 4.69) is 16.7 Å². The number of nitrogens with one attached hydrogen (secondary N) is 2.